The summed E-state index contributed by atoms with van der Waals surface area (Å²) in [5, 5.41) is 11.0. The van der Waals surface area contributed by atoms with Crippen molar-refractivity contribution in [3.63, 3.8) is 0 Å². The first-order chi connectivity index (χ1) is 14.6. The number of hydrogen-bond acceptors (Lipinski definition) is 4. The second-order valence-electron chi connectivity index (χ2n) is 8.50. The van der Waals surface area contributed by atoms with Gasteiger partial charge in [0.2, 0.25) is 0 Å². The van der Waals surface area contributed by atoms with Gasteiger partial charge < -0.3 is 14.3 Å². The highest BCUT2D eigenvalue weighted by Gasteiger charge is 2.17. The predicted octanol–water partition coefficient (Wildman–Crippen LogP) is 5.73. The Hall–Kier alpha value is -2.59. The van der Waals surface area contributed by atoms with Crippen LogP contribution in [0.25, 0.3) is 11.0 Å². The van der Waals surface area contributed by atoms with Crippen LogP contribution < -0.4 is 10.2 Å². The van der Waals surface area contributed by atoms with Crippen LogP contribution in [-0.4, -0.2) is 11.7 Å². The molecule has 1 fully saturated rings. The molecular weight excluding hydrogens is 376 g/mol. The Morgan fingerprint density at radius 1 is 1.10 bits per heavy atom. The van der Waals surface area contributed by atoms with Crippen molar-refractivity contribution in [3.8, 4) is 5.75 Å². The van der Waals surface area contributed by atoms with Gasteiger partial charge in [0, 0.05) is 5.56 Å². The molecule has 1 N–H and O–H groups in total. The number of benzene rings is 2. The molecule has 1 unspecified atom stereocenters. The Bertz CT molecular complexity index is 1030. The van der Waals surface area contributed by atoms with Crippen molar-refractivity contribution >= 4 is 11.0 Å². The summed E-state index contributed by atoms with van der Waals surface area (Å²) in [4.78, 5) is 13.2. The molecule has 1 aromatic heterocycles. The third-order valence-electron chi connectivity index (χ3n) is 6.18. The Morgan fingerprint density at radius 2 is 1.87 bits per heavy atom. The van der Waals surface area contributed by atoms with E-state index in [0.717, 1.165) is 11.1 Å². The van der Waals surface area contributed by atoms with Crippen LogP contribution in [0.4, 0.5) is 0 Å². The second-order valence-corrected chi connectivity index (χ2v) is 8.50. The number of fused-ring (bicyclic) bond motifs is 1. The minimum absolute atomic E-state index is 0.0633. The zero-order valence-electron chi connectivity index (χ0n) is 17.6. The normalized spacial score (nSPS) is 15.9. The fourth-order valence-corrected chi connectivity index (χ4v) is 4.28. The molecule has 0 bridgehead atoms. The van der Waals surface area contributed by atoms with Crippen LogP contribution in [0, 0.1) is 12.8 Å². The maximum atomic E-state index is 13.2. The molecule has 1 aliphatic rings. The first-order valence-electron chi connectivity index (χ1n) is 11.0. The van der Waals surface area contributed by atoms with Gasteiger partial charge in [0.05, 0.1) is 19.0 Å². The smallest absolute Gasteiger partial charge is 0.199 e. The average molecular weight is 407 g/mol. The second kappa shape index (κ2) is 9.48. The lowest BCUT2D eigenvalue weighted by molar-refractivity contribution is 0.167. The van der Waals surface area contributed by atoms with Crippen molar-refractivity contribution in [2.45, 2.75) is 58.0 Å². The first kappa shape index (κ1) is 20.7. The van der Waals surface area contributed by atoms with Crippen LogP contribution >= 0.6 is 0 Å². The van der Waals surface area contributed by atoms with Crippen LogP contribution in [-0.2, 0) is 6.42 Å². The van der Waals surface area contributed by atoms with Crippen LogP contribution in [0.1, 0.15) is 61.3 Å². The number of aliphatic hydroxyl groups is 1. The minimum Gasteiger partial charge on any atom is -0.492 e. The van der Waals surface area contributed by atoms with Crippen LogP contribution in [0.15, 0.2) is 57.9 Å². The Balaban J connectivity index is 1.50. The molecule has 158 valence electrons. The third-order valence-corrected chi connectivity index (χ3v) is 6.18. The SMILES string of the molecule is Cc1ccc(C(O)CCc2coc3cccc(OCC4CCCCC4)c3c2=O)cc1. The van der Waals surface area contributed by atoms with Crippen LogP contribution in [0.3, 0.4) is 0 Å². The number of rotatable bonds is 7. The summed E-state index contributed by atoms with van der Waals surface area (Å²) in [6.45, 7) is 2.67. The Kier molecular flexibility index (Phi) is 6.53. The molecule has 3 aromatic rings. The van der Waals surface area contributed by atoms with E-state index in [-0.39, 0.29) is 5.43 Å². The molecule has 0 saturated heterocycles. The van der Waals surface area contributed by atoms with E-state index >= 15 is 0 Å². The molecule has 0 aliphatic heterocycles. The Morgan fingerprint density at radius 3 is 2.63 bits per heavy atom. The van der Waals surface area contributed by atoms with E-state index in [0.29, 0.717) is 47.6 Å². The molecule has 4 heteroatoms. The average Bonchev–Trinajstić information content (AvgIpc) is 2.78. The lowest BCUT2D eigenvalue weighted by Gasteiger charge is -2.22. The zero-order valence-corrected chi connectivity index (χ0v) is 17.6. The van der Waals surface area contributed by atoms with Gasteiger partial charge in [-0.1, -0.05) is 55.2 Å². The molecule has 4 rings (SSSR count). The number of hydrogen-bond donors (Lipinski definition) is 1. The molecule has 1 heterocycles. The molecule has 2 aromatic carbocycles. The summed E-state index contributed by atoms with van der Waals surface area (Å²) in [5.74, 6) is 1.17. The van der Waals surface area contributed by atoms with E-state index in [2.05, 4.69) is 0 Å². The number of ether oxygens (including phenoxy) is 1. The Labute approximate surface area is 177 Å². The van der Waals surface area contributed by atoms with Gasteiger partial charge in [-0.05, 0) is 56.2 Å². The van der Waals surface area contributed by atoms with E-state index < -0.39 is 6.10 Å². The van der Waals surface area contributed by atoms with Crippen molar-refractivity contribution in [2.75, 3.05) is 6.61 Å². The van der Waals surface area contributed by atoms with Gasteiger partial charge in [-0.25, -0.2) is 0 Å². The van der Waals surface area contributed by atoms with E-state index in [9.17, 15) is 9.90 Å². The maximum absolute atomic E-state index is 13.2. The summed E-state index contributed by atoms with van der Waals surface area (Å²) in [5.41, 5.74) is 3.07. The molecule has 0 radical (unpaired) electrons. The highest BCUT2D eigenvalue weighted by atomic mass is 16.5. The summed E-state index contributed by atoms with van der Waals surface area (Å²) < 4.78 is 11.8. The zero-order chi connectivity index (χ0) is 20.9. The fraction of sp³-hybridized carbons (Fsp3) is 0.423. The van der Waals surface area contributed by atoms with E-state index in [1.54, 1.807) is 6.07 Å². The van der Waals surface area contributed by atoms with Crippen molar-refractivity contribution in [1.82, 2.24) is 0 Å². The minimum atomic E-state index is -0.613. The van der Waals surface area contributed by atoms with Gasteiger partial charge in [-0.3, -0.25) is 4.79 Å². The maximum Gasteiger partial charge on any atom is 0.199 e. The van der Waals surface area contributed by atoms with Gasteiger partial charge in [0.15, 0.2) is 5.43 Å². The van der Waals surface area contributed by atoms with Gasteiger partial charge in [0.25, 0.3) is 0 Å². The van der Waals surface area contributed by atoms with Crippen molar-refractivity contribution in [2.24, 2.45) is 5.92 Å². The fourth-order valence-electron chi connectivity index (χ4n) is 4.28. The highest BCUT2D eigenvalue weighted by Crippen LogP contribution is 2.28. The molecule has 4 nitrogen and oxygen atoms in total. The molecule has 1 atom stereocenters. The van der Waals surface area contributed by atoms with Gasteiger partial charge in [-0.2, -0.15) is 0 Å². The topological polar surface area (TPSA) is 59.7 Å². The van der Waals surface area contributed by atoms with Gasteiger partial charge in [0.1, 0.15) is 16.7 Å². The monoisotopic (exact) mass is 406 g/mol. The number of aryl methyl sites for hydroxylation is 2. The summed E-state index contributed by atoms with van der Waals surface area (Å²) in [6, 6.07) is 13.3. The molecule has 30 heavy (non-hydrogen) atoms. The third kappa shape index (κ3) is 4.76. The molecular formula is C26H30O4. The quantitative estimate of drug-likeness (QED) is 0.545. The van der Waals surface area contributed by atoms with Crippen molar-refractivity contribution < 1.29 is 14.3 Å². The van der Waals surface area contributed by atoms with E-state index in [4.69, 9.17) is 9.15 Å². The standard InChI is InChI=1S/C26H30O4/c1-18-10-12-20(13-11-18)22(27)15-14-21-17-30-24-9-5-8-23(25(24)26(21)28)29-16-19-6-3-2-4-7-19/h5,8-13,17,19,22,27H,2-4,6-7,14-16H2,1H3. The largest absolute Gasteiger partial charge is 0.492 e. The summed E-state index contributed by atoms with van der Waals surface area (Å²) in [6.07, 6.45) is 8.05. The number of aliphatic hydroxyl groups excluding tert-OH is 1. The van der Waals surface area contributed by atoms with Crippen LogP contribution in [0.5, 0.6) is 5.75 Å². The van der Waals surface area contributed by atoms with Crippen molar-refractivity contribution in [3.05, 3.63) is 75.6 Å². The van der Waals surface area contributed by atoms with Gasteiger partial charge >= 0.3 is 0 Å². The molecule has 1 saturated carbocycles. The lowest BCUT2D eigenvalue weighted by Crippen LogP contribution is -2.17. The lowest BCUT2D eigenvalue weighted by atomic mass is 9.90. The van der Waals surface area contributed by atoms with E-state index in [1.807, 2.05) is 43.3 Å². The molecule has 0 spiro atoms. The summed E-state index contributed by atoms with van der Waals surface area (Å²) in [7, 11) is 0. The van der Waals surface area contributed by atoms with Crippen molar-refractivity contribution in [1.29, 1.82) is 0 Å². The van der Waals surface area contributed by atoms with Gasteiger partial charge in [-0.15, -0.1) is 0 Å². The first-order valence-corrected chi connectivity index (χ1v) is 11.0. The van der Waals surface area contributed by atoms with E-state index in [1.165, 1.54) is 38.4 Å². The highest BCUT2D eigenvalue weighted by molar-refractivity contribution is 5.83. The summed E-state index contributed by atoms with van der Waals surface area (Å²) >= 11 is 0. The molecule has 0 amide bonds. The predicted molar refractivity (Wildman–Crippen MR) is 119 cm³/mol. The molecule has 1 aliphatic carbocycles. The van der Waals surface area contributed by atoms with Crippen LogP contribution in [0.2, 0.25) is 0 Å².